The van der Waals surface area contributed by atoms with Crippen molar-refractivity contribution in [3.8, 4) is 0 Å². The van der Waals surface area contributed by atoms with Gasteiger partial charge in [0.2, 0.25) is 0 Å². The average molecular weight is 205 g/mol. The first kappa shape index (κ1) is 11.7. The molecule has 0 saturated heterocycles. The fraction of sp³-hybridized carbons (Fsp3) is 0.500. The van der Waals surface area contributed by atoms with E-state index in [-0.39, 0.29) is 6.10 Å². The SMILES string of the molecule is CC(C)O.Sc1ncnc(S)n1. The molecule has 4 nitrogen and oxygen atoms in total. The third-order valence-corrected chi connectivity index (χ3v) is 0.977. The smallest absolute Gasteiger partial charge is 0.188 e. The van der Waals surface area contributed by atoms with Gasteiger partial charge in [-0.3, -0.25) is 0 Å². The maximum atomic E-state index is 8.06. The maximum Gasteiger partial charge on any atom is 0.188 e. The number of hydrogen-bond donors (Lipinski definition) is 3. The van der Waals surface area contributed by atoms with Gasteiger partial charge in [0.25, 0.3) is 0 Å². The normalized spacial score (nSPS) is 9.17. The van der Waals surface area contributed by atoms with Crippen LogP contribution in [-0.4, -0.2) is 26.2 Å². The summed E-state index contributed by atoms with van der Waals surface area (Å²) >= 11 is 7.69. The van der Waals surface area contributed by atoms with Gasteiger partial charge < -0.3 is 5.11 Å². The van der Waals surface area contributed by atoms with Crippen molar-refractivity contribution in [1.29, 1.82) is 0 Å². The Balaban J connectivity index is 0.000000261. The van der Waals surface area contributed by atoms with E-state index >= 15 is 0 Å². The van der Waals surface area contributed by atoms with Crippen LogP contribution in [0, 0.1) is 0 Å². The number of aliphatic hydroxyl groups is 1. The van der Waals surface area contributed by atoms with Gasteiger partial charge in [0.15, 0.2) is 10.3 Å². The molecule has 0 atom stereocenters. The van der Waals surface area contributed by atoms with Gasteiger partial charge in [-0.2, -0.15) is 4.98 Å². The molecule has 0 aliphatic carbocycles. The molecule has 0 amide bonds. The number of aliphatic hydroxyl groups excluding tert-OH is 1. The molecule has 0 fully saturated rings. The van der Waals surface area contributed by atoms with Crippen molar-refractivity contribution >= 4 is 25.3 Å². The van der Waals surface area contributed by atoms with Crippen LogP contribution in [0.4, 0.5) is 0 Å². The van der Waals surface area contributed by atoms with Gasteiger partial charge in [-0.15, -0.1) is 25.3 Å². The number of rotatable bonds is 0. The summed E-state index contributed by atoms with van der Waals surface area (Å²) in [5.74, 6) is 0. The van der Waals surface area contributed by atoms with E-state index in [4.69, 9.17) is 5.11 Å². The standard InChI is InChI=1S/C3H3N3S2.C3H8O/c7-2-4-1-5-3(8)6-2;1-3(2)4/h1H,(H2,4,5,6,7,8);3-4H,1-2H3. The molecule has 0 aliphatic rings. The third-order valence-electron chi connectivity index (χ3n) is 0.546. The third kappa shape index (κ3) is 7.77. The minimum absolute atomic E-state index is 0.167. The molecule has 68 valence electrons. The molecule has 6 heteroatoms. The summed E-state index contributed by atoms with van der Waals surface area (Å²) in [7, 11) is 0. The molecule has 1 aromatic rings. The Hall–Kier alpha value is -0.330. The van der Waals surface area contributed by atoms with E-state index in [2.05, 4.69) is 40.2 Å². The van der Waals surface area contributed by atoms with E-state index < -0.39 is 0 Å². The van der Waals surface area contributed by atoms with Gasteiger partial charge in [-0.25, -0.2) is 9.97 Å². The molecular formula is C6H11N3OS2. The second-order valence-electron chi connectivity index (χ2n) is 2.18. The quantitative estimate of drug-likeness (QED) is 0.549. The van der Waals surface area contributed by atoms with Crippen molar-refractivity contribution < 1.29 is 5.11 Å². The zero-order valence-electron chi connectivity index (χ0n) is 6.84. The van der Waals surface area contributed by atoms with E-state index in [1.165, 1.54) is 6.33 Å². The first-order valence-corrected chi connectivity index (χ1v) is 4.17. The first-order chi connectivity index (χ1) is 5.52. The van der Waals surface area contributed by atoms with Gasteiger partial charge in [-0.05, 0) is 13.8 Å². The van der Waals surface area contributed by atoms with E-state index in [1.54, 1.807) is 13.8 Å². The highest BCUT2D eigenvalue weighted by atomic mass is 32.1. The monoisotopic (exact) mass is 205 g/mol. The van der Waals surface area contributed by atoms with Crippen LogP contribution in [0.5, 0.6) is 0 Å². The maximum absolute atomic E-state index is 8.06. The molecule has 12 heavy (non-hydrogen) atoms. The predicted molar refractivity (Wildman–Crippen MR) is 51.7 cm³/mol. The lowest BCUT2D eigenvalue weighted by Gasteiger charge is -1.86. The Morgan fingerprint density at radius 2 is 1.58 bits per heavy atom. The molecule has 1 rings (SSSR count). The zero-order valence-corrected chi connectivity index (χ0v) is 8.63. The van der Waals surface area contributed by atoms with Crippen LogP contribution in [0.25, 0.3) is 0 Å². The van der Waals surface area contributed by atoms with Gasteiger partial charge in [-0.1, -0.05) is 0 Å². The topological polar surface area (TPSA) is 58.9 Å². The van der Waals surface area contributed by atoms with Crippen molar-refractivity contribution in [2.24, 2.45) is 0 Å². The largest absolute Gasteiger partial charge is 0.394 e. The Labute approximate surface area is 82.3 Å². The molecule has 1 heterocycles. The highest BCUT2D eigenvalue weighted by molar-refractivity contribution is 7.80. The Morgan fingerprint density at radius 3 is 1.75 bits per heavy atom. The van der Waals surface area contributed by atoms with E-state index in [9.17, 15) is 0 Å². The first-order valence-electron chi connectivity index (χ1n) is 3.27. The van der Waals surface area contributed by atoms with Crippen molar-refractivity contribution in [2.45, 2.75) is 30.3 Å². The van der Waals surface area contributed by atoms with Gasteiger partial charge in [0.1, 0.15) is 6.33 Å². The van der Waals surface area contributed by atoms with Gasteiger partial charge >= 0.3 is 0 Å². The van der Waals surface area contributed by atoms with E-state index in [1.807, 2.05) is 0 Å². The summed E-state index contributed by atoms with van der Waals surface area (Å²) in [6.07, 6.45) is 1.19. The van der Waals surface area contributed by atoms with Gasteiger partial charge in [0.05, 0.1) is 0 Å². The molecule has 1 aromatic heterocycles. The Kier molecular flexibility index (Phi) is 6.04. The van der Waals surface area contributed by atoms with Crippen LogP contribution in [0.3, 0.4) is 0 Å². The molecule has 0 spiro atoms. The van der Waals surface area contributed by atoms with Gasteiger partial charge in [0, 0.05) is 6.10 Å². The Morgan fingerprint density at radius 1 is 1.25 bits per heavy atom. The van der Waals surface area contributed by atoms with Crippen LogP contribution in [0.1, 0.15) is 13.8 Å². The summed E-state index contributed by atoms with van der Waals surface area (Å²) in [6, 6.07) is 0. The lowest BCUT2D eigenvalue weighted by molar-refractivity contribution is 0.216. The molecule has 0 aromatic carbocycles. The molecule has 0 bridgehead atoms. The minimum atomic E-state index is -0.167. The fourth-order valence-corrected chi connectivity index (χ4v) is 0.651. The number of hydrogen-bond acceptors (Lipinski definition) is 6. The highest BCUT2D eigenvalue weighted by Crippen LogP contribution is 1.97. The number of thiol groups is 2. The number of aromatic nitrogens is 3. The number of nitrogens with zero attached hydrogens (tertiary/aromatic N) is 3. The average Bonchev–Trinajstić information content (AvgIpc) is 1.84. The van der Waals surface area contributed by atoms with Crippen LogP contribution in [0.15, 0.2) is 16.6 Å². The van der Waals surface area contributed by atoms with Crippen molar-refractivity contribution in [2.75, 3.05) is 0 Å². The molecule has 1 N–H and O–H groups in total. The minimum Gasteiger partial charge on any atom is -0.394 e. The van der Waals surface area contributed by atoms with Crippen molar-refractivity contribution in [3.63, 3.8) is 0 Å². The fourth-order valence-electron chi connectivity index (χ4n) is 0.279. The van der Waals surface area contributed by atoms with E-state index in [0.717, 1.165) is 0 Å². The molecule has 0 aliphatic heterocycles. The highest BCUT2D eigenvalue weighted by Gasteiger charge is 1.86. The summed E-state index contributed by atoms with van der Waals surface area (Å²) < 4.78 is 0. The summed E-state index contributed by atoms with van der Waals surface area (Å²) in [6.45, 7) is 3.44. The zero-order chi connectivity index (χ0) is 9.56. The second-order valence-corrected chi connectivity index (χ2v) is 2.98. The summed E-state index contributed by atoms with van der Waals surface area (Å²) in [5.41, 5.74) is 0. The molecule has 0 unspecified atom stereocenters. The lowest BCUT2D eigenvalue weighted by Crippen LogP contribution is -1.85. The van der Waals surface area contributed by atoms with Crippen molar-refractivity contribution in [1.82, 2.24) is 15.0 Å². The van der Waals surface area contributed by atoms with E-state index in [0.29, 0.717) is 10.3 Å². The van der Waals surface area contributed by atoms with Crippen LogP contribution in [-0.2, 0) is 0 Å². The molecular weight excluding hydrogens is 194 g/mol. The Bertz CT molecular complexity index is 212. The van der Waals surface area contributed by atoms with Crippen LogP contribution < -0.4 is 0 Å². The predicted octanol–water partition coefficient (Wildman–Crippen LogP) is 0.836. The second kappa shape index (κ2) is 6.22. The summed E-state index contributed by atoms with van der Waals surface area (Å²) in [5, 5.41) is 8.84. The molecule has 0 radical (unpaired) electrons. The van der Waals surface area contributed by atoms with Crippen molar-refractivity contribution in [3.05, 3.63) is 6.33 Å². The molecule has 0 saturated carbocycles. The lowest BCUT2D eigenvalue weighted by atomic mass is 10.5. The van der Waals surface area contributed by atoms with Crippen LogP contribution in [0.2, 0.25) is 0 Å². The van der Waals surface area contributed by atoms with Crippen LogP contribution >= 0.6 is 25.3 Å². The summed E-state index contributed by atoms with van der Waals surface area (Å²) in [4.78, 5) is 10.9.